The molecule has 1 heterocycles. The predicted molar refractivity (Wildman–Crippen MR) is 77.7 cm³/mol. The normalized spacial score (nSPS) is 10.3. The topological polar surface area (TPSA) is 90.0 Å². The zero-order valence-corrected chi connectivity index (χ0v) is 11.5. The Labute approximate surface area is 120 Å². The van der Waals surface area contributed by atoms with Crippen molar-refractivity contribution in [1.82, 2.24) is 9.55 Å². The van der Waals surface area contributed by atoms with Gasteiger partial charge < -0.3 is 11.1 Å². The number of anilines is 2. The van der Waals surface area contributed by atoms with Crippen LogP contribution in [0.15, 0.2) is 35.1 Å². The molecule has 2 aromatic rings. The highest BCUT2D eigenvalue weighted by Crippen LogP contribution is 2.13. The molecule has 104 valence electrons. The Balaban J connectivity index is 2.12. The third kappa shape index (κ3) is 3.36. The van der Waals surface area contributed by atoms with E-state index in [1.807, 2.05) is 0 Å². The summed E-state index contributed by atoms with van der Waals surface area (Å²) in [6.07, 6.45) is 0. The smallest absolute Gasteiger partial charge is 0.255 e. The first-order valence-electron chi connectivity index (χ1n) is 5.85. The van der Waals surface area contributed by atoms with Crippen LogP contribution in [0.2, 0.25) is 5.02 Å². The van der Waals surface area contributed by atoms with E-state index >= 15 is 0 Å². The van der Waals surface area contributed by atoms with Gasteiger partial charge in [-0.25, -0.2) is 4.98 Å². The lowest BCUT2D eigenvalue weighted by molar-refractivity contribution is -0.116. The number of nitrogens with two attached hydrogens (primary N) is 1. The molecule has 0 aliphatic rings. The maximum atomic E-state index is 11.9. The van der Waals surface area contributed by atoms with Gasteiger partial charge in [-0.3, -0.25) is 14.2 Å². The highest BCUT2D eigenvalue weighted by molar-refractivity contribution is 6.30. The molecule has 0 saturated heterocycles. The van der Waals surface area contributed by atoms with E-state index < -0.39 is 0 Å². The van der Waals surface area contributed by atoms with Gasteiger partial charge in [0, 0.05) is 22.5 Å². The Morgan fingerprint density at radius 3 is 2.65 bits per heavy atom. The predicted octanol–water partition coefficient (Wildman–Crippen LogP) is 1.43. The van der Waals surface area contributed by atoms with Gasteiger partial charge in [0.2, 0.25) is 11.9 Å². The second-order valence-electron chi connectivity index (χ2n) is 4.24. The van der Waals surface area contributed by atoms with Crippen LogP contribution >= 0.6 is 11.6 Å². The summed E-state index contributed by atoms with van der Waals surface area (Å²) in [4.78, 5) is 27.6. The zero-order valence-electron chi connectivity index (χ0n) is 10.8. The standard InChI is InChI=1S/C13H13ClN4O2/c1-8-6-12(20)18(13(15)16-8)7-11(19)17-10-4-2-9(14)3-5-10/h2-6H,7H2,1H3,(H2,15,16)(H,17,19). The van der Waals surface area contributed by atoms with Gasteiger partial charge in [-0.15, -0.1) is 0 Å². The van der Waals surface area contributed by atoms with E-state index in [9.17, 15) is 9.59 Å². The Bertz CT molecular complexity index is 695. The van der Waals surface area contributed by atoms with Crippen molar-refractivity contribution in [3.63, 3.8) is 0 Å². The molecule has 20 heavy (non-hydrogen) atoms. The number of carbonyl (C=O) groups is 1. The molecule has 1 amide bonds. The second kappa shape index (κ2) is 5.75. The molecule has 0 aliphatic carbocycles. The molecular weight excluding hydrogens is 280 g/mol. The highest BCUT2D eigenvalue weighted by atomic mass is 35.5. The quantitative estimate of drug-likeness (QED) is 0.895. The molecular formula is C13H13ClN4O2. The lowest BCUT2D eigenvalue weighted by atomic mass is 10.3. The number of amides is 1. The number of benzene rings is 1. The number of nitrogen functional groups attached to an aromatic ring is 1. The number of aromatic nitrogens is 2. The molecule has 1 aromatic heterocycles. The van der Waals surface area contributed by atoms with Gasteiger partial charge in [-0.1, -0.05) is 11.6 Å². The molecule has 0 saturated carbocycles. The molecule has 0 radical (unpaired) electrons. The van der Waals surface area contributed by atoms with E-state index in [0.29, 0.717) is 16.4 Å². The van der Waals surface area contributed by atoms with Crippen LogP contribution in [0.1, 0.15) is 5.69 Å². The SMILES string of the molecule is Cc1cc(=O)n(CC(=O)Nc2ccc(Cl)cc2)c(N)n1. The molecule has 0 bridgehead atoms. The molecule has 0 atom stereocenters. The fraction of sp³-hybridized carbons (Fsp3) is 0.154. The minimum absolute atomic E-state index is 0.0151. The summed E-state index contributed by atoms with van der Waals surface area (Å²) in [6.45, 7) is 1.47. The van der Waals surface area contributed by atoms with Crippen molar-refractivity contribution in [2.24, 2.45) is 0 Å². The summed E-state index contributed by atoms with van der Waals surface area (Å²) in [5.74, 6) is -0.354. The van der Waals surface area contributed by atoms with Crippen molar-refractivity contribution in [3.05, 3.63) is 51.4 Å². The van der Waals surface area contributed by atoms with E-state index in [-0.39, 0.29) is 24.0 Å². The largest absolute Gasteiger partial charge is 0.369 e. The minimum atomic E-state index is -0.369. The van der Waals surface area contributed by atoms with E-state index in [1.165, 1.54) is 6.07 Å². The Kier molecular flexibility index (Phi) is 4.05. The van der Waals surface area contributed by atoms with Crippen LogP contribution in [0.25, 0.3) is 0 Å². The molecule has 6 nitrogen and oxygen atoms in total. The molecule has 0 spiro atoms. The van der Waals surface area contributed by atoms with Crippen LogP contribution in [0.4, 0.5) is 11.6 Å². The summed E-state index contributed by atoms with van der Waals surface area (Å²) < 4.78 is 1.11. The first kappa shape index (κ1) is 14.1. The Morgan fingerprint density at radius 1 is 1.40 bits per heavy atom. The van der Waals surface area contributed by atoms with Gasteiger partial charge in [0.15, 0.2) is 0 Å². The van der Waals surface area contributed by atoms with Crippen LogP contribution in [0.3, 0.4) is 0 Å². The van der Waals surface area contributed by atoms with Crippen LogP contribution in [0.5, 0.6) is 0 Å². The van der Waals surface area contributed by atoms with Gasteiger partial charge in [-0.2, -0.15) is 0 Å². The number of nitrogens with zero attached hydrogens (tertiary/aromatic N) is 2. The number of nitrogens with one attached hydrogen (secondary N) is 1. The molecule has 7 heteroatoms. The molecule has 0 aliphatic heterocycles. The summed E-state index contributed by atoms with van der Waals surface area (Å²) in [5.41, 5.74) is 6.38. The van der Waals surface area contributed by atoms with Gasteiger partial charge >= 0.3 is 0 Å². The third-order valence-electron chi connectivity index (χ3n) is 2.60. The van der Waals surface area contributed by atoms with Crippen molar-refractivity contribution in [2.75, 3.05) is 11.1 Å². The zero-order chi connectivity index (χ0) is 14.7. The summed E-state index contributed by atoms with van der Waals surface area (Å²) in [5, 5.41) is 3.22. The number of carbonyl (C=O) groups excluding carboxylic acids is 1. The van der Waals surface area contributed by atoms with Crippen LogP contribution < -0.4 is 16.6 Å². The van der Waals surface area contributed by atoms with Gasteiger partial charge in [-0.05, 0) is 31.2 Å². The number of hydrogen-bond donors (Lipinski definition) is 2. The van der Waals surface area contributed by atoms with Gasteiger partial charge in [0.05, 0.1) is 0 Å². The lowest BCUT2D eigenvalue weighted by Gasteiger charge is -2.09. The first-order valence-corrected chi connectivity index (χ1v) is 6.23. The second-order valence-corrected chi connectivity index (χ2v) is 4.67. The summed E-state index contributed by atoms with van der Waals surface area (Å²) >= 11 is 5.75. The third-order valence-corrected chi connectivity index (χ3v) is 2.85. The number of hydrogen-bond acceptors (Lipinski definition) is 4. The van der Waals surface area contributed by atoms with Crippen molar-refractivity contribution < 1.29 is 4.79 Å². The average molecular weight is 293 g/mol. The van der Waals surface area contributed by atoms with Crippen molar-refractivity contribution in [3.8, 4) is 0 Å². The molecule has 3 N–H and O–H groups in total. The van der Waals surface area contributed by atoms with Crippen molar-refractivity contribution >= 4 is 29.1 Å². The van der Waals surface area contributed by atoms with Crippen LogP contribution in [-0.2, 0) is 11.3 Å². The van der Waals surface area contributed by atoms with Gasteiger partial charge in [0.1, 0.15) is 6.54 Å². The maximum absolute atomic E-state index is 11.9. The number of rotatable bonds is 3. The number of aryl methyl sites for hydroxylation is 1. The molecule has 2 rings (SSSR count). The van der Waals surface area contributed by atoms with E-state index in [1.54, 1.807) is 31.2 Å². The van der Waals surface area contributed by atoms with Gasteiger partial charge in [0.25, 0.3) is 5.56 Å². The van der Waals surface area contributed by atoms with E-state index in [2.05, 4.69) is 10.3 Å². The summed E-state index contributed by atoms with van der Waals surface area (Å²) in [7, 11) is 0. The van der Waals surface area contributed by atoms with E-state index in [0.717, 1.165) is 4.57 Å². The number of halogens is 1. The fourth-order valence-corrected chi connectivity index (χ4v) is 1.81. The minimum Gasteiger partial charge on any atom is -0.369 e. The monoisotopic (exact) mass is 292 g/mol. The van der Waals surface area contributed by atoms with Crippen LogP contribution in [0, 0.1) is 6.92 Å². The Morgan fingerprint density at radius 2 is 2.05 bits per heavy atom. The first-order chi connectivity index (χ1) is 9.45. The van der Waals surface area contributed by atoms with E-state index in [4.69, 9.17) is 17.3 Å². The van der Waals surface area contributed by atoms with Crippen LogP contribution in [-0.4, -0.2) is 15.5 Å². The van der Waals surface area contributed by atoms with Crippen molar-refractivity contribution in [1.29, 1.82) is 0 Å². The maximum Gasteiger partial charge on any atom is 0.255 e. The fourth-order valence-electron chi connectivity index (χ4n) is 1.68. The highest BCUT2D eigenvalue weighted by Gasteiger charge is 2.09. The van der Waals surface area contributed by atoms with Crippen molar-refractivity contribution in [2.45, 2.75) is 13.5 Å². The molecule has 0 unspecified atom stereocenters. The lowest BCUT2D eigenvalue weighted by Crippen LogP contribution is -2.30. The molecule has 0 fully saturated rings. The summed E-state index contributed by atoms with van der Waals surface area (Å²) in [6, 6.07) is 7.97. The Hall–Kier alpha value is -2.34. The average Bonchev–Trinajstić information content (AvgIpc) is 2.36. The molecule has 1 aromatic carbocycles.